The summed E-state index contributed by atoms with van der Waals surface area (Å²) in [5.74, 6) is 0.623. The van der Waals surface area contributed by atoms with Gasteiger partial charge >= 0.3 is 0 Å². The highest BCUT2D eigenvalue weighted by molar-refractivity contribution is 7.98. The van der Waals surface area contributed by atoms with Crippen molar-refractivity contribution in [3.8, 4) is 11.4 Å². The second-order valence-corrected chi connectivity index (χ2v) is 7.20. The first-order chi connectivity index (χ1) is 12.7. The summed E-state index contributed by atoms with van der Waals surface area (Å²) >= 11 is 1.76. The Balaban J connectivity index is 1.59. The predicted molar refractivity (Wildman–Crippen MR) is 104 cm³/mol. The van der Waals surface area contributed by atoms with E-state index in [1.807, 2.05) is 12.1 Å². The van der Waals surface area contributed by atoms with E-state index < -0.39 is 0 Å². The van der Waals surface area contributed by atoms with Gasteiger partial charge in [0.1, 0.15) is 5.82 Å². The van der Waals surface area contributed by atoms with E-state index in [0.29, 0.717) is 12.4 Å². The number of nitrogens with zero attached hydrogens (tertiary/aromatic N) is 3. The molecule has 1 aliphatic heterocycles. The molecule has 0 amide bonds. The third-order valence-corrected chi connectivity index (χ3v) is 5.53. The highest BCUT2D eigenvalue weighted by Crippen LogP contribution is 2.24. The summed E-state index contributed by atoms with van der Waals surface area (Å²) in [5.41, 5.74) is 3.85. The molecule has 0 saturated carbocycles. The second-order valence-electron chi connectivity index (χ2n) is 6.35. The summed E-state index contributed by atoms with van der Waals surface area (Å²) in [6, 6.07) is 12.2. The van der Waals surface area contributed by atoms with Crippen LogP contribution < -0.4 is 5.56 Å². The van der Waals surface area contributed by atoms with Gasteiger partial charge in [-0.25, -0.2) is 4.98 Å². The number of H-pyrrole nitrogens is 1. The van der Waals surface area contributed by atoms with Gasteiger partial charge in [0.2, 0.25) is 0 Å². The van der Waals surface area contributed by atoms with Gasteiger partial charge < -0.3 is 4.98 Å². The van der Waals surface area contributed by atoms with Crippen molar-refractivity contribution in [3.05, 3.63) is 76.0 Å². The number of nitrogens with one attached hydrogen (secondary N) is 1. The van der Waals surface area contributed by atoms with Crippen LogP contribution in [0.3, 0.4) is 0 Å². The van der Waals surface area contributed by atoms with Crippen molar-refractivity contribution in [3.63, 3.8) is 0 Å². The lowest BCUT2D eigenvalue weighted by atomic mass is 10.1. The van der Waals surface area contributed by atoms with E-state index in [2.05, 4.69) is 45.4 Å². The van der Waals surface area contributed by atoms with Gasteiger partial charge in [-0.05, 0) is 30.0 Å². The number of aromatic amines is 1. The molecular formula is C20H20N4OS. The van der Waals surface area contributed by atoms with Crippen molar-refractivity contribution in [2.45, 2.75) is 24.4 Å². The van der Waals surface area contributed by atoms with E-state index in [4.69, 9.17) is 4.98 Å². The van der Waals surface area contributed by atoms with Gasteiger partial charge in [0.05, 0.1) is 11.3 Å². The first-order valence-electron chi connectivity index (χ1n) is 8.61. The van der Waals surface area contributed by atoms with Crippen LogP contribution in [-0.2, 0) is 19.5 Å². The van der Waals surface area contributed by atoms with Crippen LogP contribution in [0, 0.1) is 0 Å². The summed E-state index contributed by atoms with van der Waals surface area (Å²) in [4.78, 5) is 27.9. The van der Waals surface area contributed by atoms with E-state index in [1.54, 1.807) is 24.2 Å². The van der Waals surface area contributed by atoms with Gasteiger partial charge in [-0.2, -0.15) is 0 Å². The van der Waals surface area contributed by atoms with Crippen molar-refractivity contribution in [2.24, 2.45) is 0 Å². The maximum absolute atomic E-state index is 12.6. The van der Waals surface area contributed by atoms with Crippen LogP contribution in [0.5, 0.6) is 0 Å². The van der Waals surface area contributed by atoms with Gasteiger partial charge in [-0.3, -0.25) is 14.7 Å². The molecule has 26 heavy (non-hydrogen) atoms. The molecule has 2 aromatic heterocycles. The molecule has 0 unspecified atom stereocenters. The molecule has 3 heterocycles. The molecule has 1 aliphatic rings. The van der Waals surface area contributed by atoms with Gasteiger partial charge in [0.15, 0.2) is 0 Å². The lowest BCUT2D eigenvalue weighted by Gasteiger charge is -2.28. The Morgan fingerprint density at radius 1 is 1.19 bits per heavy atom. The quantitative estimate of drug-likeness (QED) is 0.721. The first kappa shape index (κ1) is 17.0. The van der Waals surface area contributed by atoms with Gasteiger partial charge in [-0.1, -0.05) is 18.2 Å². The third-order valence-electron chi connectivity index (χ3n) is 4.69. The minimum atomic E-state index is -0.0373. The Morgan fingerprint density at radius 3 is 2.81 bits per heavy atom. The normalized spacial score (nSPS) is 14.2. The largest absolute Gasteiger partial charge is 0.306 e. The SMILES string of the molecule is CSc1ccccc1CN1CCc2nc(-c3ccncc3)[nH]c(=O)c2C1. The topological polar surface area (TPSA) is 61.9 Å². The number of rotatable bonds is 4. The summed E-state index contributed by atoms with van der Waals surface area (Å²) in [7, 11) is 0. The fourth-order valence-corrected chi connectivity index (χ4v) is 3.95. The molecule has 4 rings (SSSR count). The molecule has 0 atom stereocenters. The molecule has 3 aromatic rings. The zero-order valence-electron chi connectivity index (χ0n) is 14.6. The fourth-order valence-electron chi connectivity index (χ4n) is 3.34. The average molecular weight is 364 g/mol. The molecule has 0 bridgehead atoms. The smallest absolute Gasteiger partial charge is 0.255 e. The molecule has 0 aliphatic carbocycles. The maximum atomic E-state index is 12.6. The van der Waals surface area contributed by atoms with Gasteiger partial charge in [0, 0.05) is 48.9 Å². The standard InChI is InChI=1S/C20H20N4OS/c1-26-18-5-3-2-4-15(18)12-24-11-8-17-16(13-24)20(25)23-19(22-17)14-6-9-21-10-7-14/h2-7,9-10H,8,11-13H2,1H3,(H,22,23,25). The van der Waals surface area contributed by atoms with Crippen molar-refractivity contribution in [1.82, 2.24) is 19.9 Å². The first-order valence-corrected chi connectivity index (χ1v) is 9.84. The highest BCUT2D eigenvalue weighted by Gasteiger charge is 2.22. The molecule has 1 N–H and O–H groups in total. The molecule has 0 radical (unpaired) electrons. The monoisotopic (exact) mass is 364 g/mol. The Bertz CT molecular complexity index is 971. The molecule has 1 aromatic carbocycles. The molecule has 6 heteroatoms. The summed E-state index contributed by atoms with van der Waals surface area (Å²) < 4.78 is 0. The average Bonchev–Trinajstić information content (AvgIpc) is 2.69. The van der Waals surface area contributed by atoms with Crippen LogP contribution in [0.4, 0.5) is 0 Å². The molecule has 5 nitrogen and oxygen atoms in total. The van der Waals surface area contributed by atoms with E-state index in [1.165, 1.54) is 10.5 Å². The molecule has 0 fully saturated rings. The number of thioether (sulfide) groups is 1. The fraction of sp³-hybridized carbons (Fsp3) is 0.250. The van der Waals surface area contributed by atoms with Gasteiger partial charge in [-0.15, -0.1) is 11.8 Å². The van der Waals surface area contributed by atoms with Crippen LogP contribution >= 0.6 is 11.8 Å². The summed E-state index contributed by atoms with van der Waals surface area (Å²) in [6.07, 6.45) is 6.30. The number of hydrogen-bond donors (Lipinski definition) is 1. The maximum Gasteiger partial charge on any atom is 0.255 e. The minimum absolute atomic E-state index is 0.0373. The van der Waals surface area contributed by atoms with Crippen molar-refractivity contribution < 1.29 is 0 Å². The zero-order chi connectivity index (χ0) is 17.9. The van der Waals surface area contributed by atoms with Crippen LogP contribution in [0.1, 0.15) is 16.8 Å². The van der Waals surface area contributed by atoms with Crippen molar-refractivity contribution >= 4 is 11.8 Å². The lowest BCUT2D eigenvalue weighted by molar-refractivity contribution is 0.240. The second kappa shape index (κ2) is 7.43. The van der Waals surface area contributed by atoms with E-state index in [-0.39, 0.29) is 5.56 Å². The van der Waals surface area contributed by atoms with Crippen LogP contribution in [-0.4, -0.2) is 32.7 Å². The predicted octanol–water partition coefficient (Wildman–Crippen LogP) is 3.11. The number of benzene rings is 1. The molecular weight excluding hydrogens is 344 g/mol. The number of hydrogen-bond acceptors (Lipinski definition) is 5. The van der Waals surface area contributed by atoms with Crippen LogP contribution in [0.25, 0.3) is 11.4 Å². The Kier molecular flexibility index (Phi) is 4.86. The molecule has 0 spiro atoms. The number of pyridine rings is 1. The number of aromatic nitrogens is 3. The zero-order valence-corrected chi connectivity index (χ0v) is 15.4. The molecule has 0 saturated heterocycles. The van der Waals surface area contributed by atoms with Crippen LogP contribution in [0.15, 0.2) is 58.5 Å². The summed E-state index contributed by atoms with van der Waals surface area (Å²) in [6.45, 7) is 2.39. The Hall–Kier alpha value is -2.44. The summed E-state index contributed by atoms with van der Waals surface area (Å²) in [5, 5.41) is 0. The Labute approximate surface area is 156 Å². The van der Waals surface area contributed by atoms with E-state index in [9.17, 15) is 4.79 Å². The minimum Gasteiger partial charge on any atom is -0.306 e. The third kappa shape index (κ3) is 3.43. The highest BCUT2D eigenvalue weighted by atomic mass is 32.2. The van der Waals surface area contributed by atoms with Crippen molar-refractivity contribution in [2.75, 3.05) is 12.8 Å². The molecule has 132 valence electrons. The Morgan fingerprint density at radius 2 is 2.00 bits per heavy atom. The van der Waals surface area contributed by atoms with Crippen molar-refractivity contribution in [1.29, 1.82) is 0 Å². The van der Waals surface area contributed by atoms with E-state index in [0.717, 1.165) is 36.3 Å². The van der Waals surface area contributed by atoms with Crippen LogP contribution in [0.2, 0.25) is 0 Å². The lowest BCUT2D eigenvalue weighted by Crippen LogP contribution is -2.35. The van der Waals surface area contributed by atoms with E-state index >= 15 is 0 Å². The van der Waals surface area contributed by atoms with Gasteiger partial charge in [0.25, 0.3) is 5.56 Å². The number of fused-ring (bicyclic) bond motifs is 1.